The lowest BCUT2D eigenvalue weighted by molar-refractivity contribution is 0.251. The number of nitrogens with zero attached hydrogens (tertiary/aromatic N) is 3. The minimum Gasteiger partial charge on any atom is -0.334 e. The number of carbonyl (C=O) groups is 1. The largest absolute Gasteiger partial charge is 0.334 e. The maximum atomic E-state index is 12.0. The van der Waals surface area contributed by atoms with Gasteiger partial charge in [-0.2, -0.15) is 5.10 Å². The number of anilines is 1. The number of amides is 2. The summed E-state index contributed by atoms with van der Waals surface area (Å²) >= 11 is 0. The van der Waals surface area contributed by atoms with Crippen molar-refractivity contribution in [3.8, 4) is 0 Å². The van der Waals surface area contributed by atoms with E-state index in [9.17, 15) is 13.2 Å². The Morgan fingerprint density at radius 1 is 1.11 bits per heavy atom. The predicted molar refractivity (Wildman–Crippen MR) is 99.2 cm³/mol. The van der Waals surface area contributed by atoms with Crippen LogP contribution < -0.4 is 15.8 Å². The fourth-order valence-corrected chi connectivity index (χ4v) is 2.94. The van der Waals surface area contributed by atoms with Gasteiger partial charge in [0.25, 0.3) is 0 Å². The van der Waals surface area contributed by atoms with Crippen molar-refractivity contribution in [2.45, 2.75) is 18.0 Å². The average molecular weight is 386 g/mol. The van der Waals surface area contributed by atoms with Gasteiger partial charge >= 0.3 is 6.03 Å². The van der Waals surface area contributed by atoms with Gasteiger partial charge in [-0.15, -0.1) is 0 Å². The Morgan fingerprint density at radius 2 is 1.85 bits per heavy atom. The first-order valence-corrected chi connectivity index (χ1v) is 9.53. The van der Waals surface area contributed by atoms with Crippen molar-refractivity contribution in [2.75, 3.05) is 5.32 Å². The van der Waals surface area contributed by atoms with Crippen LogP contribution in [0.2, 0.25) is 0 Å². The molecular formula is C17H18N6O3S. The van der Waals surface area contributed by atoms with Crippen molar-refractivity contribution < 1.29 is 13.2 Å². The van der Waals surface area contributed by atoms with Gasteiger partial charge < -0.3 is 10.6 Å². The van der Waals surface area contributed by atoms with Gasteiger partial charge in [-0.3, -0.25) is 0 Å². The number of primary sulfonamides is 1. The average Bonchev–Trinajstić information content (AvgIpc) is 3.13. The van der Waals surface area contributed by atoms with Crippen LogP contribution in [-0.2, 0) is 23.1 Å². The van der Waals surface area contributed by atoms with E-state index in [0.717, 1.165) is 11.1 Å². The summed E-state index contributed by atoms with van der Waals surface area (Å²) < 4.78 is 24.2. The molecule has 0 spiro atoms. The Balaban J connectivity index is 1.54. The third-order valence-corrected chi connectivity index (χ3v) is 4.63. The number of sulfonamides is 1. The van der Waals surface area contributed by atoms with Gasteiger partial charge in [0.15, 0.2) is 0 Å². The number of aromatic nitrogens is 3. The molecule has 0 fully saturated rings. The lowest BCUT2D eigenvalue weighted by Gasteiger charge is -2.09. The molecule has 0 bridgehead atoms. The number of hydrogen-bond acceptors (Lipinski definition) is 5. The Kier molecular flexibility index (Phi) is 5.48. The van der Waals surface area contributed by atoms with Crippen molar-refractivity contribution in [1.29, 1.82) is 0 Å². The summed E-state index contributed by atoms with van der Waals surface area (Å²) in [6.45, 7) is 0.933. The second-order valence-corrected chi connectivity index (χ2v) is 7.35. The molecule has 140 valence electrons. The minimum absolute atomic E-state index is 0.0161. The summed E-state index contributed by atoms with van der Waals surface area (Å²) in [7, 11) is -3.76. The normalized spacial score (nSPS) is 11.1. The summed E-state index contributed by atoms with van der Waals surface area (Å²) in [5.41, 5.74) is 2.44. The van der Waals surface area contributed by atoms with Gasteiger partial charge in [-0.25, -0.2) is 28.0 Å². The van der Waals surface area contributed by atoms with Crippen LogP contribution in [0.5, 0.6) is 0 Å². The van der Waals surface area contributed by atoms with E-state index >= 15 is 0 Å². The molecule has 0 aliphatic rings. The van der Waals surface area contributed by atoms with Crippen LogP contribution in [0.4, 0.5) is 10.5 Å². The zero-order chi connectivity index (χ0) is 19.3. The van der Waals surface area contributed by atoms with Crippen molar-refractivity contribution in [2.24, 2.45) is 5.14 Å². The predicted octanol–water partition coefficient (Wildman–Crippen LogP) is 1.30. The number of urea groups is 1. The highest BCUT2D eigenvalue weighted by Gasteiger charge is 2.08. The Bertz CT molecular complexity index is 1020. The summed E-state index contributed by atoms with van der Waals surface area (Å²) in [6.07, 6.45) is 3.12. The lowest BCUT2D eigenvalue weighted by Crippen LogP contribution is -2.28. The molecule has 3 aromatic rings. The molecule has 27 heavy (non-hydrogen) atoms. The van der Waals surface area contributed by atoms with Crippen LogP contribution in [0.1, 0.15) is 11.1 Å². The van der Waals surface area contributed by atoms with E-state index in [1.54, 1.807) is 11.0 Å². The maximum Gasteiger partial charge on any atom is 0.319 e. The van der Waals surface area contributed by atoms with E-state index in [4.69, 9.17) is 5.14 Å². The van der Waals surface area contributed by atoms with E-state index in [0.29, 0.717) is 18.8 Å². The van der Waals surface area contributed by atoms with Crippen molar-refractivity contribution in [3.05, 3.63) is 72.3 Å². The van der Waals surface area contributed by atoms with E-state index in [2.05, 4.69) is 20.7 Å². The zero-order valence-electron chi connectivity index (χ0n) is 14.2. The SMILES string of the molecule is NS(=O)(=O)c1ccc(NC(=O)NCc2cccc(Cn3cncn3)c2)cc1. The number of benzene rings is 2. The van der Waals surface area contributed by atoms with Gasteiger partial charge in [-0.1, -0.05) is 24.3 Å². The van der Waals surface area contributed by atoms with Gasteiger partial charge in [0.1, 0.15) is 12.7 Å². The molecule has 4 N–H and O–H groups in total. The molecule has 0 aliphatic carbocycles. The van der Waals surface area contributed by atoms with Crippen molar-refractivity contribution in [1.82, 2.24) is 20.1 Å². The fraction of sp³-hybridized carbons (Fsp3) is 0.118. The highest BCUT2D eigenvalue weighted by molar-refractivity contribution is 7.89. The Labute approximate surface area is 156 Å². The van der Waals surface area contributed by atoms with Crippen LogP contribution in [0.25, 0.3) is 0 Å². The molecule has 2 amide bonds. The number of hydrogen-bond donors (Lipinski definition) is 3. The molecule has 0 aliphatic heterocycles. The molecule has 1 heterocycles. The topological polar surface area (TPSA) is 132 Å². The smallest absolute Gasteiger partial charge is 0.319 e. The van der Waals surface area contributed by atoms with Gasteiger partial charge in [0.05, 0.1) is 11.4 Å². The molecule has 0 saturated carbocycles. The summed E-state index contributed by atoms with van der Waals surface area (Å²) in [5.74, 6) is 0. The van der Waals surface area contributed by atoms with E-state index in [1.807, 2.05) is 24.3 Å². The summed E-state index contributed by atoms with van der Waals surface area (Å²) in [5, 5.41) is 14.5. The number of carbonyl (C=O) groups excluding carboxylic acids is 1. The first-order chi connectivity index (χ1) is 12.9. The molecule has 0 atom stereocenters. The highest BCUT2D eigenvalue weighted by atomic mass is 32.2. The fourth-order valence-electron chi connectivity index (χ4n) is 2.42. The summed E-state index contributed by atoms with van der Waals surface area (Å²) in [4.78, 5) is 15.9. The third-order valence-electron chi connectivity index (χ3n) is 3.70. The lowest BCUT2D eigenvalue weighted by atomic mass is 10.1. The summed E-state index contributed by atoms with van der Waals surface area (Å²) in [6, 6.07) is 13.0. The monoisotopic (exact) mass is 386 g/mol. The Morgan fingerprint density at radius 3 is 2.52 bits per heavy atom. The minimum atomic E-state index is -3.76. The quantitative estimate of drug-likeness (QED) is 0.587. The molecule has 0 saturated heterocycles. The molecule has 1 aromatic heterocycles. The maximum absolute atomic E-state index is 12.0. The number of rotatable bonds is 6. The second kappa shape index (κ2) is 7.98. The van der Waals surface area contributed by atoms with Gasteiger partial charge in [0.2, 0.25) is 10.0 Å². The van der Waals surface area contributed by atoms with Crippen LogP contribution in [0, 0.1) is 0 Å². The van der Waals surface area contributed by atoms with Crippen molar-refractivity contribution >= 4 is 21.7 Å². The third kappa shape index (κ3) is 5.36. The zero-order valence-corrected chi connectivity index (χ0v) is 15.1. The first kappa shape index (κ1) is 18.5. The van der Waals surface area contributed by atoms with Crippen LogP contribution in [0.15, 0.2) is 66.1 Å². The molecule has 2 aromatic carbocycles. The van der Waals surface area contributed by atoms with Gasteiger partial charge in [0, 0.05) is 12.2 Å². The first-order valence-electron chi connectivity index (χ1n) is 7.98. The number of nitrogens with two attached hydrogens (primary N) is 1. The second-order valence-electron chi connectivity index (χ2n) is 5.79. The van der Waals surface area contributed by atoms with Crippen LogP contribution >= 0.6 is 0 Å². The molecular weight excluding hydrogens is 368 g/mol. The van der Waals surface area contributed by atoms with E-state index in [-0.39, 0.29) is 4.90 Å². The standard InChI is InChI=1S/C17H18N6O3S/c18-27(25,26)16-6-4-15(5-7-16)22-17(24)20-9-13-2-1-3-14(8-13)10-23-12-19-11-21-23/h1-8,11-12H,9-10H2,(H2,18,25,26)(H2,20,22,24). The highest BCUT2D eigenvalue weighted by Crippen LogP contribution is 2.12. The van der Waals surface area contributed by atoms with E-state index in [1.165, 1.54) is 30.6 Å². The molecule has 3 rings (SSSR count). The molecule has 0 radical (unpaired) electrons. The molecule has 9 nitrogen and oxygen atoms in total. The van der Waals surface area contributed by atoms with E-state index < -0.39 is 16.1 Å². The van der Waals surface area contributed by atoms with Crippen molar-refractivity contribution in [3.63, 3.8) is 0 Å². The molecule has 0 unspecified atom stereocenters. The van der Waals surface area contributed by atoms with Gasteiger partial charge in [-0.05, 0) is 35.4 Å². The number of nitrogens with one attached hydrogen (secondary N) is 2. The van der Waals surface area contributed by atoms with Crippen LogP contribution in [0.3, 0.4) is 0 Å². The molecule has 10 heteroatoms. The Hall–Kier alpha value is -3.24. The van der Waals surface area contributed by atoms with Crippen LogP contribution in [-0.4, -0.2) is 29.2 Å².